The van der Waals surface area contributed by atoms with Gasteiger partial charge < -0.3 is 9.80 Å². The van der Waals surface area contributed by atoms with Gasteiger partial charge in [0.2, 0.25) is 5.96 Å². The van der Waals surface area contributed by atoms with Crippen LogP contribution in [0, 0.1) is 0 Å². The highest BCUT2D eigenvalue weighted by Gasteiger charge is 2.52. The zero-order chi connectivity index (χ0) is 27.0. The van der Waals surface area contributed by atoms with Gasteiger partial charge in [-0.3, -0.25) is 4.99 Å². The number of rotatable bonds is 2. The zero-order valence-corrected chi connectivity index (χ0v) is 23.1. The highest BCUT2D eigenvalue weighted by Crippen LogP contribution is 2.63. The van der Waals surface area contributed by atoms with Crippen molar-refractivity contribution in [3.05, 3.63) is 138 Å². The number of nitrogens with zero attached hydrogens (tertiary/aromatic N) is 3. The number of hydrogen-bond acceptors (Lipinski definition) is 3. The Morgan fingerprint density at radius 1 is 0.512 bits per heavy atom. The van der Waals surface area contributed by atoms with Crippen molar-refractivity contribution in [2.75, 3.05) is 31.1 Å². The van der Waals surface area contributed by atoms with Crippen molar-refractivity contribution >= 4 is 11.6 Å². The first kappa shape index (κ1) is 23.1. The number of anilines is 1. The van der Waals surface area contributed by atoms with E-state index in [1.54, 1.807) is 0 Å². The van der Waals surface area contributed by atoms with Gasteiger partial charge in [-0.1, -0.05) is 97.1 Å². The Hall–Kier alpha value is -4.63. The van der Waals surface area contributed by atoms with E-state index in [1.807, 2.05) is 0 Å². The summed E-state index contributed by atoms with van der Waals surface area (Å²) in [6, 6.07) is 43.3. The summed E-state index contributed by atoms with van der Waals surface area (Å²) in [6.07, 6.45) is 2.31. The van der Waals surface area contributed by atoms with Gasteiger partial charge in [0.15, 0.2) is 0 Å². The number of aliphatic imine (C=N–C) groups is 1. The van der Waals surface area contributed by atoms with Gasteiger partial charge in [0.25, 0.3) is 0 Å². The lowest BCUT2D eigenvalue weighted by atomic mass is 9.70. The van der Waals surface area contributed by atoms with Crippen molar-refractivity contribution in [1.29, 1.82) is 0 Å². The minimum absolute atomic E-state index is 0.359. The van der Waals surface area contributed by atoms with Gasteiger partial charge in [-0.25, -0.2) is 0 Å². The van der Waals surface area contributed by atoms with Crippen LogP contribution in [0.3, 0.4) is 0 Å². The Morgan fingerprint density at radius 2 is 1.15 bits per heavy atom. The molecule has 41 heavy (non-hydrogen) atoms. The molecule has 0 unspecified atom stereocenters. The number of guanidine groups is 1. The van der Waals surface area contributed by atoms with Gasteiger partial charge in [0.1, 0.15) is 0 Å². The fraction of sp³-hybridized carbons (Fsp3) is 0.184. The minimum atomic E-state index is -0.359. The van der Waals surface area contributed by atoms with E-state index in [9.17, 15) is 0 Å². The van der Waals surface area contributed by atoms with Crippen molar-refractivity contribution < 1.29 is 0 Å². The van der Waals surface area contributed by atoms with E-state index >= 15 is 0 Å². The smallest absolute Gasteiger partial charge is 0.201 e. The Bertz CT molecular complexity index is 1820. The van der Waals surface area contributed by atoms with E-state index in [2.05, 4.69) is 125 Å². The van der Waals surface area contributed by atoms with E-state index < -0.39 is 0 Å². The molecule has 0 amide bonds. The van der Waals surface area contributed by atoms with Gasteiger partial charge in [-0.15, -0.1) is 0 Å². The Kier molecular flexibility index (Phi) is 4.89. The van der Waals surface area contributed by atoms with Gasteiger partial charge in [0.05, 0.1) is 5.41 Å². The lowest BCUT2D eigenvalue weighted by molar-refractivity contribution is 0.360. The summed E-state index contributed by atoms with van der Waals surface area (Å²) < 4.78 is 0. The third-order valence-corrected chi connectivity index (χ3v) is 9.67. The Morgan fingerprint density at radius 3 is 1.93 bits per heavy atom. The Labute approximate surface area is 241 Å². The van der Waals surface area contributed by atoms with Crippen molar-refractivity contribution in [1.82, 2.24) is 4.90 Å². The fourth-order valence-electron chi connectivity index (χ4n) is 7.98. The predicted octanol–water partition coefficient (Wildman–Crippen LogP) is 7.97. The van der Waals surface area contributed by atoms with Crippen LogP contribution in [0.25, 0.3) is 33.4 Å². The van der Waals surface area contributed by atoms with Crippen molar-refractivity contribution in [2.45, 2.75) is 18.3 Å². The second-order valence-corrected chi connectivity index (χ2v) is 11.7. The van der Waals surface area contributed by atoms with Crippen LogP contribution in [-0.2, 0) is 5.41 Å². The van der Waals surface area contributed by atoms with Gasteiger partial charge in [-0.2, -0.15) is 0 Å². The topological polar surface area (TPSA) is 18.8 Å². The fourth-order valence-corrected chi connectivity index (χ4v) is 7.98. The van der Waals surface area contributed by atoms with Crippen LogP contribution in [0.15, 0.2) is 120 Å². The maximum absolute atomic E-state index is 5.02. The number of fused-ring (bicyclic) bond motifs is 11. The molecule has 2 aliphatic carbocycles. The van der Waals surface area contributed by atoms with Crippen molar-refractivity contribution in [3.8, 4) is 33.4 Å². The van der Waals surface area contributed by atoms with Crippen LogP contribution in [-0.4, -0.2) is 37.0 Å². The molecule has 2 heterocycles. The maximum atomic E-state index is 5.02. The second-order valence-electron chi connectivity index (χ2n) is 11.7. The molecule has 0 saturated carbocycles. The highest BCUT2D eigenvalue weighted by molar-refractivity contribution is 6.00. The van der Waals surface area contributed by atoms with Crippen LogP contribution in [0.4, 0.5) is 5.69 Å². The molecule has 5 aromatic carbocycles. The molecule has 9 rings (SSSR count). The third-order valence-electron chi connectivity index (χ3n) is 9.67. The quantitative estimate of drug-likeness (QED) is 0.226. The molecule has 0 radical (unpaired) electrons. The van der Waals surface area contributed by atoms with Gasteiger partial charge >= 0.3 is 0 Å². The van der Waals surface area contributed by atoms with Crippen molar-refractivity contribution in [3.63, 3.8) is 0 Å². The SMILES string of the molecule is c1ccc(-c2ccc3c(c2)C2(c4ccccc4-c4ccccc42)c2cc(N4CCCN5CCCN=C54)ccc2-3)cc1. The molecule has 4 aliphatic rings. The molecule has 2 aliphatic heterocycles. The largest absolute Gasteiger partial charge is 0.342 e. The summed E-state index contributed by atoms with van der Waals surface area (Å²) in [5.41, 5.74) is 14.3. The average Bonchev–Trinajstić information content (AvgIpc) is 3.51. The van der Waals surface area contributed by atoms with E-state index in [0.717, 1.165) is 45.0 Å². The summed E-state index contributed by atoms with van der Waals surface area (Å²) in [7, 11) is 0. The van der Waals surface area contributed by atoms with E-state index in [0.29, 0.717) is 0 Å². The van der Waals surface area contributed by atoms with Crippen LogP contribution >= 0.6 is 0 Å². The molecule has 3 heteroatoms. The molecule has 1 saturated heterocycles. The molecule has 0 atom stereocenters. The molecule has 0 bridgehead atoms. The van der Waals surface area contributed by atoms with Crippen LogP contribution in [0.2, 0.25) is 0 Å². The summed E-state index contributed by atoms with van der Waals surface area (Å²) in [5.74, 6) is 1.16. The van der Waals surface area contributed by atoms with Gasteiger partial charge in [-0.05, 0) is 86.7 Å². The molecule has 0 aromatic heterocycles. The third kappa shape index (κ3) is 3.12. The number of benzene rings is 5. The molecule has 0 N–H and O–H groups in total. The monoisotopic (exact) mass is 529 g/mol. The first-order valence-electron chi connectivity index (χ1n) is 15.0. The molecule has 1 fully saturated rings. The zero-order valence-electron chi connectivity index (χ0n) is 23.1. The summed E-state index contributed by atoms with van der Waals surface area (Å²) in [4.78, 5) is 9.97. The molecule has 3 nitrogen and oxygen atoms in total. The summed E-state index contributed by atoms with van der Waals surface area (Å²) in [6.45, 7) is 4.16. The molecular weight excluding hydrogens is 498 g/mol. The standard InChI is InChI=1S/C38H31N3/c1-2-10-26(11-3-1)27-16-18-31-32-19-17-28(41-23-9-22-40-21-8-20-39-37(40)41)25-36(32)38(35(31)24-27)33-14-6-4-12-29(33)30-13-5-7-15-34(30)38/h1-7,10-19,24-25H,8-9,20-23H2. The van der Waals surface area contributed by atoms with Crippen molar-refractivity contribution in [2.24, 2.45) is 4.99 Å². The maximum Gasteiger partial charge on any atom is 0.201 e. The van der Waals surface area contributed by atoms with E-state index in [-0.39, 0.29) is 5.41 Å². The lowest BCUT2D eigenvalue weighted by Crippen LogP contribution is -2.52. The molecular formula is C38H31N3. The van der Waals surface area contributed by atoms with E-state index in [4.69, 9.17) is 4.99 Å². The highest BCUT2D eigenvalue weighted by atomic mass is 15.4. The summed E-state index contributed by atoms with van der Waals surface area (Å²) in [5, 5.41) is 0. The summed E-state index contributed by atoms with van der Waals surface area (Å²) >= 11 is 0. The van der Waals surface area contributed by atoms with Gasteiger partial charge in [0, 0.05) is 31.9 Å². The number of hydrogen-bond donors (Lipinski definition) is 0. The van der Waals surface area contributed by atoms with Crippen LogP contribution < -0.4 is 4.90 Å². The average molecular weight is 530 g/mol. The second kappa shape index (κ2) is 8.68. The normalized spacial score (nSPS) is 17.4. The first-order chi connectivity index (χ1) is 20.3. The lowest BCUT2D eigenvalue weighted by Gasteiger charge is -2.41. The molecule has 198 valence electrons. The van der Waals surface area contributed by atoms with Crippen LogP contribution in [0.5, 0.6) is 0 Å². The van der Waals surface area contributed by atoms with E-state index in [1.165, 1.54) is 61.3 Å². The first-order valence-corrected chi connectivity index (χ1v) is 15.0. The molecule has 1 spiro atoms. The predicted molar refractivity (Wildman–Crippen MR) is 169 cm³/mol. The minimum Gasteiger partial charge on any atom is -0.342 e. The Balaban J connectivity index is 1.33. The van der Waals surface area contributed by atoms with Crippen LogP contribution in [0.1, 0.15) is 35.1 Å². The molecule has 5 aromatic rings.